The van der Waals surface area contributed by atoms with E-state index in [1.165, 1.54) is 10.4 Å². The second-order valence-electron chi connectivity index (χ2n) is 8.27. The van der Waals surface area contributed by atoms with Gasteiger partial charge in [0.05, 0.1) is 10.9 Å². The maximum Gasteiger partial charge on any atom is 0.252 e. The van der Waals surface area contributed by atoms with Crippen molar-refractivity contribution >= 4 is 15.9 Å². The molecule has 0 radical (unpaired) electrons. The first kappa shape index (κ1) is 22.2. The molecule has 0 aromatic heterocycles. The Morgan fingerprint density at radius 1 is 0.875 bits per heavy atom. The van der Waals surface area contributed by atoms with Gasteiger partial charge in [0.1, 0.15) is 0 Å². The van der Waals surface area contributed by atoms with Crippen LogP contribution in [0.3, 0.4) is 0 Å². The van der Waals surface area contributed by atoms with E-state index in [1.807, 2.05) is 61.5 Å². The van der Waals surface area contributed by atoms with E-state index in [9.17, 15) is 13.2 Å². The van der Waals surface area contributed by atoms with Gasteiger partial charge in [-0.1, -0.05) is 60.7 Å². The van der Waals surface area contributed by atoms with Gasteiger partial charge in [0.25, 0.3) is 5.91 Å². The van der Waals surface area contributed by atoms with Gasteiger partial charge in [-0.15, -0.1) is 0 Å². The first-order valence-electron chi connectivity index (χ1n) is 10.9. The number of rotatable bonds is 6. The van der Waals surface area contributed by atoms with Crippen LogP contribution in [0.15, 0.2) is 77.7 Å². The zero-order chi connectivity index (χ0) is 22.7. The summed E-state index contributed by atoms with van der Waals surface area (Å²) in [7, 11) is -3.61. The lowest BCUT2D eigenvalue weighted by Gasteiger charge is -2.22. The van der Waals surface area contributed by atoms with Crippen molar-refractivity contribution in [2.24, 2.45) is 0 Å². The van der Waals surface area contributed by atoms with Crippen molar-refractivity contribution in [3.63, 3.8) is 0 Å². The molecule has 1 atom stereocenters. The average molecular weight is 449 g/mol. The van der Waals surface area contributed by atoms with Crippen LogP contribution < -0.4 is 5.32 Å². The SMILES string of the molecule is Cc1ccccc1[C@H](NC(=O)c1ccc(C)c(S(=O)(=O)N2CCCC2)c1)c1ccccc1. The van der Waals surface area contributed by atoms with E-state index >= 15 is 0 Å². The number of hydrogen-bond acceptors (Lipinski definition) is 3. The lowest BCUT2D eigenvalue weighted by Crippen LogP contribution is -2.31. The summed E-state index contributed by atoms with van der Waals surface area (Å²) < 4.78 is 27.8. The van der Waals surface area contributed by atoms with Gasteiger partial charge in [0, 0.05) is 18.7 Å². The lowest BCUT2D eigenvalue weighted by molar-refractivity contribution is 0.0942. The average Bonchev–Trinajstić information content (AvgIpc) is 3.35. The van der Waals surface area contributed by atoms with Crippen LogP contribution in [0.2, 0.25) is 0 Å². The summed E-state index contributed by atoms with van der Waals surface area (Å²) in [5.41, 5.74) is 4.02. The van der Waals surface area contributed by atoms with Crippen LogP contribution in [-0.2, 0) is 10.0 Å². The highest BCUT2D eigenvalue weighted by Gasteiger charge is 2.29. The first-order chi connectivity index (χ1) is 15.4. The number of carbonyl (C=O) groups excluding carboxylic acids is 1. The van der Waals surface area contributed by atoms with Gasteiger partial charge in [0.2, 0.25) is 10.0 Å². The lowest BCUT2D eigenvalue weighted by atomic mass is 9.94. The van der Waals surface area contributed by atoms with E-state index in [0.717, 1.165) is 29.5 Å². The van der Waals surface area contributed by atoms with Crippen molar-refractivity contribution in [2.45, 2.75) is 37.6 Å². The summed E-state index contributed by atoms with van der Waals surface area (Å²) in [5, 5.41) is 3.13. The van der Waals surface area contributed by atoms with Crippen LogP contribution in [0.4, 0.5) is 0 Å². The van der Waals surface area contributed by atoms with Crippen molar-refractivity contribution in [2.75, 3.05) is 13.1 Å². The number of hydrogen-bond donors (Lipinski definition) is 1. The van der Waals surface area contributed by atoms with Crippen LogP contribution in [0.5, 0.6) is 0 Å². The van der Waals surface area contributed by atoms with Gasteiger partial charge in [-0.25, -0.2) is 8.42 Å². The summed E-state index contributed by atoms with van der Waals surface area (Å²) in [6.45, 7) is 4.85. The molecule has 1 heterocycles. The maximum atomic E-state index is 13.3. The van der Waals surface area contributed by atoms with Crippen LogP contribution in [0, 0.1) is 13.8 Å². The second-order valence-corrected chi connectivity index (χ2v) is 10.2. The molecule has 0 unspecified atom stereocenters. The molecule has 6 heteroatoms. The van der Waals surface area contributed by atoms with Crippen LogP contribution >= 0.6 is 0 Å². The van der Waals surface area contributed by atoms with Crippen molar-refractivity contribution in [1.82, 2.24) is 9.62 Å². The summed E-state index contributed by atoms with van der Waals surface area (Å²) in [5.74, 6) is -0.306. The van der Waals surface area contributed by atoms with E-state index in [2.05, 4.69) is 5.32 Å². The third-order valence-electron chi connectivity index (χ3n) is 6.04. The topological polar surface area (TPSA) is 66.5 Å². The highest BCUT2D eigenvalue weighted by Crippen LogP contribution is 2.27. The predicted molar refractivity (Wildman–Crippen MR) is 126 cm³/mol. The maximum absolute atomic E-state index is 13.3. The van der Waals surface area contributed by atoms with Gasteiger partial charge in [-0.3, -0.25) is 4.79 Å². The van der Waals surface area contributed by atoms with E-state index in [-0.39, 0.29) is 16.8 Å². The molecule has 1 N–H and O–H groups in total. The minimum atomic E-state index is -3.61. The molecule has 0 aliphatic carbocycles. The van der Waals surface area contributed by atoms with E-state index in [4.69, 9.17) is 0 Å². The first-order valence-corrected chi connectivity index (χ1v) is 12.3. The van der Waals surface area contributed by atoms with Gasteiger partial charge < -0.3 is 5.32 Å². The van der Waals surface area contributed by atoms with Crippen LogP contribution in [0.1, 0.15) is 51.5 Å². The Hall–Kier alpha value is -2.96. The van der Waals surface area contributed by atoms with Gasteiger partial charge in [0.15, 0.2) is 0 Å². The van der Waals surface area contributed by atoms with Crippen LogP contribution in [-0.4, -0.2) is 31.7 Å². The molecule has 166 valence electrons. The zero-order valence-corrected chi connectivity index (χ0v) is 19.2. The van der Waals surface area contributed by atoms with E-state index in [0.29, 0.717) is 24.2 Å². The number of nitrogens with zero attached hydrogens (tertiary/aromatic N) is 1. The number of amides is 1. The summed E-state index contributed by atoms with van der Waals surface area (Å²) >= 11 is 0. The minimum Gasteiger partial charge on any atom is -0.341 e. The molecule has 0 saturated carbocycles. The molecule has 0 spiro atoms. The highest BCUT2D eigenvalue weighted by molar-refractivity contribution is 7.89. The predicted octanol–water partition coefficient (Wildman–Crippen LogP) is 4.61. The normalized spacial score (nSPS) is 15.4. The molecule has 5 nitrogen and oxygen atoms in total. The van der Waals surface area contributed by atoms with Crippen molar-refractivity contribution < 1.29 is 13.2 Å². The minimum absolute atomic E-state index is 0.208. The number of carbonyl (C=O) groups is 1. The van der Waals surface area contributed by atoms with E-state index < -0.39 is 10.0 Å². The molecule has 32 heavy (non-hydrogen) atoms. The largest absolute Gasteiger partial charge is 0.341 e. The Kier molecular flexibility index (Phi) is 6.44. The number of benzene rings is 3. The molecule has 1 saturated heterocycles. The molecular weight excluding hydrogens is 420 g/mol. The fourth-order valence-corrected chi connectivity index (χ4v) is 5.97. The molecule has 4 rings (SSSR count). The quantitative estimate of drug-likeness (QED) is 0.599. The third kappa shape index (κ3) is 4.47. The molecule has 1 amide bonds. The smallest absolute Gasteiger partial charge is 0.252 e. The van der Waals surface area contributed by atoms with Gasteiger partial charge in [-0.05, 0) is 61.1 Å². The summed E-state index contributed by atoms with van der Waals surface area (Å²) in [6, 6.07) is 22.3. The van der Waals surface area contributed by atoms with Gasteiger partial charge in [-0.2, -0.15) is 4.31 Å². The van der Waals surface area contributed by atoms with Crippen molar-refractivity contribution in [3.05, 3.63) is 101 Å². The van der Waals surface area contributed by atoms with Crippen molar-refractivity contribution in [3.8, 4) is 0 Å². The fourth-order valence-electron chi connectivity index (χ4n) is 4.20. The van der Waals surface area contributed by atoms with Crippen molar-refractivity contribution in [1.29, 1.82) is 0 Å². The zero-order valence-electron chi connectivity index (χ0n) is 18.4. The Labute approximate surface area is 190 Å². The molecule has 0 bridgehead atoms. The molecule has 1 aliphatic rings. The molecule has 3 aromatic rings. The Bertz CT molecular complexity index is 1220. The fraction of sp³-hybridized carbons (Fsp3) is 0.269. The second kappa shape index (κ2) is 9.27. The van der Waals surface area contributed by atoms with Crippen LogP contribution in [0.25, 0.3) is 0 Å². The molecule has 3 aromatic carbocycles. The molecular formula is C26H28N2O3S. The number of aryl methyl sites for hydroxylation is 2. The number of nitrogens with one attached hydrogen (secondary N) is 1. The summed E-state index contributed by atoms with van der Waals surface area (Å²) in [4.78, 5) is 13.5. The third-order valence-corrected chi connectivity index (χ3v) is 8.08. The van der Waals surface area contributed by atoms with Gasteiger partial charge >= 0.3 is 0 Å². The molecule has 1 fully saturated rings. The monoisotopic (exact) mass is 448 g/mol. The Balaban J connectivity index is 1.68. The highest BCUT2D eigenvalue weighted by atomic mass is 32.2. The number of sulfonamides is 1. The van der Waals surface area contributed by atoms with E-state index in [1.54, 1.807) is 19.1 Å². The Morgan fingerprint density at radius 3 is 2.22 bits per heavy atom. The summed E-state index contributed by atoms with van der Waals surface area (Å²) in [6.07, 6.45) is 1.74. The molecule has 1 aliphatic heterocycles. The Morgan fingerprint density at radius 2 is 1.53 bits per heavy atom. The standard InChI is InChI=1S/C26H28N2O3S/c1-19-10-6-7-13-23(19)25(21-11-4-3-5-12-21)27-26(29)22-15-14-20(2)24(18-22)32(30,31)28-16-8-9-17-28/h3-7,10-15,18,25H,8-9,16-17H2,1-2H3,(H,27,29)/t25-/m1/s1.